The zero-order valence-electron chi connectivity index (χ0n) is 19.5. The number of fused-ring (bicyclic) bond motifs is 2. The number of hydrogen-bond acceptors (Lipinski definition) is 8. The SMILES string of the molecule is CNCc1nc(N(C)C(C)C)cc2c1CN(c1cccc(-c3nnc4n3CCNC4)n1)C2=O. The summed E-state index contributed by atoms with van der Waals surface area (Å²) in [5.74, 6) is 2.98. The van der Waals surface area contributed by atoms with Crippen LogP contribution in [0.15, 0.2) is 24.3 Å². The molecule has 0 bridgehead atoms. The van der Waals surface area contributed by atoms with E-state index in [-0.39, 0.29) is 11.9 Å². The van der Waals surface area contributed by atoms with Crippen molar-refractivity contribution in [3.8, 4) is 11.5 Å². The van der Waals surface area contributed by atoms with Crippen LogP contribution >= 0.6 is 0 Å². The second kappa shape index (κ2) is 8.53. The van der Waals surface area contributed by atoms with Crippen LogP contribution in [0.3, 0.4) is 0 Å². The van der Waals surface area contributed by atoms with Crippen LogP contribution in [-0.4, -0.2) is 57.3 Å². The number of anilines is 2. The Morgan fingerprint density at radius 2 is 2.09 bits per heavy atom. The van der Waals surface area contributed by atoms with Crippen molar-refractivity contribution in [3.63, 3.8) is 0 Å². The van der Waals surface area contributed by atoms with Crippen molar-refractivity contribution in [2.45, 2.75) is 46.1 Å². The van der Waals surface area contributed by atoms with E-state index in [0.29, 0.717) is 36.7 Å². The van der Waals surface area contributed by atoms with Crippen molar-refractivity contribution in [2.75, 3.05) is 30.4 Å². The Bertz CT molecular complexity index is 1200. The van der Waals surface area contributed by atoms with E-state index in [2.05, 4.69) is 44.1 Å². The third-order valence-electron chi connectivity index (χ3n) is 6.33. The molecule has 2 aliphatic rings. The lowest BCUT2D eigenvalue weighted by Crippen LogP contribution is -2.28. The van der Waals surface area contributed by atoms with Gasteiger partial charge in [0.05, 0.1) is 24.3 Å². The molecule has 2 N–H and O–H groups in total. The number of nitrogens with one attached hydrogen (secondary N) is 2. The maximum absolute atomic E-state index is 13.5. The molecule has 0 fully saturated rings. The van der Waals surface area contributed by atoms with E-state index >= 15 is 0 Å². The first-order valence-corrected chi connectivity index (χ1v) is 11.3. The van der Waals surface area contributed by atoms with E-state index in [9.17, 15) is 4.79 Å². The first kappa shape index (κ1) is 21.5. The fourth-order valence-corrected chi connectivity index (χ4v) is 4.28. The number of carbonyl (C=O) groups is 1. The highest BCUT2D eigenvalue weighted by atomic mass is 16.2. The summed E-state index contributed by atoms with van der Waals surface area (Å²) in [5, 5.41) is 15.1. The summed E-state index contributed by atoms with van der Waals surface area (Å²) in [7, 11) is 3.89. The fraction of sp³-hybridized carbons (Fsp3) is 0.435. The number of carbonyl (C=O) groups excluding carboxylic acids is 1. The smallest absolute Gasteiger partial charge is 0.260 e. The predicted molar refractivity (Wildman–Crippen MR) is 126 cm³/mol. The molecule has 33 heavy (non-hydrogen) atoms. The minimum absolute atomic E-state index is 0.0553. The van der Waals surface area contributed by atoms with Crippen molar-refractivity contribution in [3.05, 3.63) is 46.9 Å². The predicted octanol–water partition coefficient (Wildman–Crippen LogP) is 1.56. The Hall–Kier alpha value is -3.37. The lowest BCUT2D eigenvalue weighted by atomic mass is 10.1. The second-order valence-electron chi connectivity index (χ2n) is 8.73. The van der Waals surface area contributed by atoms with Crippen LogP contribution in [0.25, 0.3) is 11.5 Å². The van der Waals surface area contributed by atoms with Gasteiger partial charge in [-0.15, -0.1) is 10.2 Å². The van der Waals surface area contributed by atoms with Crippen LogP contribution in [-0.2, 0) is 26.2 Å². The normalized spacial score (nSPS) is 15.2. The van der Waals surface area contributed by atoms with Crippen LogP contribution in [0.2, 0.25) is 0 Å². The van der Waals surface area contributed by atoms with E-state index in [1.54, 1.807) is 4.90 Å². The van der Waals surface area contributed by atoms with Crippen molar-refractivity contribution in [1.29, 1.82) is 0 Å². The number of hydrogen-bond donors (Lipinski definition) is 2. The van der Waals surface area contributed by atoms with Crippen molar-refractivity contribution in [1.82, 2.24) is 35.4 Å². The number of amides is 1. The van der Waals surface area contributed by atoms with Crippen molar-refractivity contribution < 1.29 is 4.79 Å². The average Bonchev–Trinajstić information content (AvgIpc) is 3.40. The molecule has 5 rings (SSSR count). The van der Waals surface area contributed by atoms with Crippen molar-refractivity contribution in [2.24, 2.45) is 0 Å². The zero-order chi connectivity index (χ0) is 23.1. The monoisotopic (exact) mass is 447 g/mol. The van der Waals surface area contributed by atoms with E-state index in [0.717, 1.165) is 41.8 Å². The summed E-state index contributed by atoms with van der Waals surface area (Å²) in [5.41, 5.74) is 3.25. The Morgan fingerprint density at radius 3 is 2.88 bits per heavy atom. The molecule has 0 saturated heterocycles. The van der Waals surface area contributed by atoms with Gasteiger partial charge in [0.2, 0.25) is 0 Å². The minimum atomic E-state index is -0.0553. The molecule has 2 aliphatic heterocycles. The molecule has 0 aromatic carbocycles. The van der Waals surface area contributed by atoms with Crippen LogP contribution in [0.1, 0.15) is 41.3 Å². The highest BCUT2D eigenvalue weighted by Crippen LogP contribution is 2.32. The van der Waals surface area contributed by atoms with Gasteiger partial charge in [0.25, 0.3) is 5.91 Å². The maximum Gasteiger partial charge on any atom is 0.260 e. The summed E-state index contributed by atoms with van der Waals surface area (Å²) >= 11 is 0. The van der Waals surface area contributed by atoms with Crippen LogP contribution < -0.4 is 20.4 Å². The molecule has 0 radical (unpaired) electrons. The highest BCUT2D eigenvalue weighted by molar-refractivity contribution is 6.10. The molecular weight excluding hydrogens is 418 g/mol. The van der Waals surface area contributed by atoms with Gasteiger partial charge in [0, 0.05) is 38.3 Å². The third-order valence-corrected chi connectivity index (χ3v) is 6.33. The molecule has 0 unspecified atom stereocenters. The van der Waals surface area contributed by atoms with E-state index in [1.165, 1.54) is 0 Å². The Balaban J connectivity index is 1.51. The second-order valence-corrected chi connectivity index (χ2v) is 8.73. The van der Waals surface area contributed by atoms with Gasteiger partial charge in [-0.2, -0.15) is 0 Å². The first-order chi connectivity index (χ1) is 16.0. The molecule has 3 aromatic rings. The first-order valence-electron chi connectivity index (χ1n) is 11.3. The quantitative estimate of drug-likeness (QED) is 0.587. The molecule has 0 aliphatic carbocycles. The Labute approximate surface area is 193 Å². The minimum Gasteiger partial charge on any atom is -0.357 e. The van der Waals surface area contributed by atoms with Crippen LogP contribution in [0, 0.1) is 0 Å². The van der Waals surface area contributed by atoms with Crippen LogP contribution in [0.4, 0.5) is 11.6 Å². The van der Waals surface area contributed by atoms with Crippen molar-refractivity contribution >= 4 is 17.5 Å². The number of nitrogens with zero attached hydrogens (tertiary/aromatic N) is 7. The van der Waals surface area contributed by atoms with Gasteiger partial charge in [-0.1, -0.05) is 6.07 Å². The van der Waals surface area contributed by atoms with Crippen LogP contribution in [0.5, 0.6) is 0 Å². The zero-order valence-corrected chi connectivity index (χ0v) is 19.5. The topological polar surface area (TPSA) is 104 Å². The summed E-state index contributed by atoms with van der Waals surface area (Å²) in [6.45, 7) is 7.61. The Morgan fingerprint density at radius 1 is 1.24 bits per heavy atom. The summed E-state index contributed by atoms with van der Waals surface area (Å²) in [6.07, 6.45) is 0. The molecule has 3 aromatic heterocycles. The fourth-order valence-electron chi connectivity index (χ4n) is 4.28. The number of pyridine rings is 2. The van der Waals surface area contributed by atoms with Gasteiger partial charge in [-0.05, 0) is 39.1 Å². The molecule has 5 heterocycles. The molecular formula is C23H29N9O. The van der Waals surface area contributed by atoms with Gasteiger partial charge in [-0.25, -0.2) is 9.97 Å². The molecule has 0 atom stereocenters. The average molecular weight is 448 g/mol. The standard InChI is InChI=1S/C23H29N9O/c1-14(2)30(4)20-10-15-16(18(27-20)11-24-3)13-32(23(15)33)19-7-5-6-17(26-19)22-29-28-21-12-25-8-9-31(21)22/h5-7,10,14,24-25H,8-9,11-13H2,1-4H3. The largest absolute Gasteiger partial charge is 0.357 e. The molecule has 10 nitrogen and oxygen atoms in total. The van der Waals surface area contributed by atoms with Gasteiger partial charge in [0.15, 0.2) is 5.82 Å². The van der Waals surface area contributed by atoms with Gasteiger partial charge >= 0.3 is 0 Å². The maximum atomic E-state index is 13.5. The highest BCUT2D eigenvalue weighted by Gasteiger charge is 2.33. The summed E-state index contributed by atoms with van der Waals surface area (Å²) < 4.78 is 2.09. The van der Waals surface area contributed by atoms with Gasteiger partial charge in [-0.3, -0.25) is 9.69 Å². The molecule has 0 spiro atoms. The number of aromatic nitrogens is 5. The summed E-state index contributed by atoms with van der Waals surface area (Å²) in [4.78, 5) is 27.0. The molecule has 10 heteroatoms. The van der Waals surface area contributed by atoms with Gasteiger partial charge < -0.3 is 20.1 Å². The summed E-state index contributed by atoms with van der Waals surface area (Å²) in [6, 6.07) is 7.88. The van der Waals surface area contributed by atoms with E-state index in [4.69, 9.17) is 9.97 Å². The third kappa shape index (κ3) is 3.75. The van der Waals surface area contributed by atoms with E-state index < -0.39 is 0 Å². The molecule has 1 amide bonds. The van der Waals surface area contributed by atoms with Gasteiger partial charge in [0.1, 0.15) is 23.2 Å². The molecule has 172 valence electrons. The molecule has 0 saturated carbocycles. The number of rotatable bonds is 6. The lowest BCUT2D eigenvalue weighted by Gasteiger charge is -2.24. The Kier molecular flexibility index (Phi) is 5.55. The van der Waals surface area contributed by atoms with E-state index in [1.807, 2.05) is 38.4 Å². The lowest BCUT2D eigenvalue weighted by molar-refractivity contribution is 0.0996.